The maximum absolute atomic E-state index is 11.7. The zero-order chi connectivity index (χ0) is 13.1. The minimum Gasteiger partial charge on any atom is -0.481 e. The second-order valence-electron chi connectivity index (χ2n) is 3.81. The van der Waals surface area contributed by atoms with Crippen LogP contribution in [0.3, 0.4) is 0 Å². The number of benzene rings is 1. The van der Waals surface area contributed by atoms with E-state index in [0.717, 1.165) is 4.90 Å². The summed E-state index contributed by atoms with van der Waals surface area (Å²) in [5.74, 6) is -1.98. The largest absolute Gasteiger partial charge is 0.481 e. The third-order valence-corrected chi connectivity index (χ3v) is 2.52. The Labute approximate surface area is 103 Å². The summed E-state index contributed by atoms with van der Waals surface area (Å²) in [4.78, 5) is 35.1. The van der Waals surface area contributed by atoms with Crippen LogP contribution in [0.5, 0.6) is 0 Å². The first-order valence-corrected chi connectivity index (χ1v) is 5.33. The van der Waals surface area contributed by atoms with Crippen LogP contribution in [0, 0.1) is 0 Å². The van der Waals surface area contributed by atoms with E-state index in [2.05, 4.69) is 0 Å². The van der Waals surface area contributed by atoms with Gasteiger partial charge in [-0.05, 0) is 11.6 Å². The molecule has 1 aliphatic rings. The van der Waals surface area contributed by atoms with Crippen molar-refractivity contribution in [3.05, 3.63) is 29.8 Å². The first-order valence-electron chi connectivity index (χ1n) is 5.33. The van der Waals surface area contributed by atoms with E-state index in [1.54, 1.807) is 24.3 Å². The average Bonchev–Trinajstić information content (AvgIpc) is 2.30. The molecule has 2 rings (SSSR count). The van der Waals surface area contributed by atoms with Gasteiger partial charge in [-0.1, -0.05) is 18.2 Å². The number of para-hydroxylation sites is 1. The van der Waals surface area contributed by atoms with Gasteiger partial charge in [0.1, 0.15) is 13.2 Å². The highest BCUT2D eigenvalue weighted by Crippen LogP contribution is 2.23. The predicted octanol–water partition coefficient (Wildman–Crippen LogP) is 0.204. The summed E-state index contributed by atoms with van der Waals surface area (Å²) in [5.41, 5.74) is 0.742. The van der Waals surface area contributed by atoms with Crippen LogP contribution in [0.25, 0.3) is 0 Å². The third-order valence-electron chi connectivity index (χ3n) is 2.52. The molecule has 1 heterocycles. The lowest BCUT2D eigenvalue weighted by Crippen LogP contribution is -2.46. The lowest BCUT2D eigenvalue weighted by atomic mass is 10.1. The van der Waals surface area contributed by atoms with Crippen molar-refractivity contribution in [1.82, 2.24) is 0 Å². The minimum atomic E-state index is -1.02. The molecule has 1 aromatic rings. The van der Waals surface area contributed by atoms with Gasteiger partial charge in [-0.3, -0.25) is 14.4 Å². The molecule has 0 aliphatic carbocycles. The molecule has 0 unspecified atom stereocenters. The number of hydrogen-bond donors (Lipinski definition) is 1. The van der Waals surface area contributed by atoms with Crippen LogP contribution >= 0.6 is 0 Å². The summed E-state index contributed by atoms with van der Waals surface area (Å²) < 4.78 is 4.81. The van der Waals surface area contributed by atoms with Gasteiger partial charge in [0.2, 0.25) is 0 Å². The van der Waals surface area contributed by atoms with Crippen LogP contribution in [-0.4, -0.2) is 36.1 Å². The second-order valence-corrected chi connectivity index (χ2v) is 3.81. The predicted molar refractivity (Wildman–Crippen MR) is 61.1 cm³/mol. The number of ether oxygens (including phenoxy) is 1. The van der Waals surface area contributed by atoms with Gasteiger partial charge >= 0.3 is 5.97 Å². The molecule has 1 N–H and O–H groups in total. The van der Waals surface area contributed by atoms with Crippen LogP contribution in [0.1, 0.15) is 5.56 Å². The molecule has 1 saturated heterocycles. The van der Waals surface area contributed by atoms with Crippen molar-refractivity contribution >= 4 is 23.5 Å². The molecule has 94 valence electrons. The van der Waals surface area contributed by atoms with E-state index in [4.69, 9.17) is 9.84 Å². The van der Waals surface area contributed by atoms with Crippen LogP contribution in [0.15, 0.2) is 24.3 Å². The van der Waals surface area contributed by atoms with Gasteiger partial charge < -0.3 is 9.84 Å². The van der Waals surface area contributed by atoms with Crippen molar-refractivity contribution in [2.45, 2.75) is 6.42 Å². The molecule has 6 nitrogen and oxygen atoms in total. The van der Waals surface area contributed by atoms with E-state index in [-0.39, 0.29) is 19.6 Å². The summed E-state index contributed by atoms with van der Waals surface area (Å²) in [6.07, 6.45) is -0.242. The third kappa shape index (κ3) is 2.38. The van der Waals surface area contributed by atoms with Crippen LogP contribution in [0.2, 0.25) is 0 Å². The molecule has 0 spiro atoms. The fourth-order valence-corrected chi connectivity index (χ4v) is 1.80. The molecule has 1 aromatic carbocycles. The number of carboxylic acid groups (broad SMARTS) is 1. The van der Waals surface area contributed by atoms with Gasteiger partial charge in [0.25, 0.3) is 11.8 Å². The van der Waals surface area contributed by atoms with Crippen LogP contribution in [-0.2, 0) is 25.5 Å². The van der Waals surface area contributed by atoms with Crippen molar-refractivity contribution in [3.8, 4) is 0 Å². The Morgan fingerprint density at radius 3 is 2.44 bits per heavy atom. The molecule has 0 radical (unpaired) electrons. The van der Waals surface area contributed by atoms with Crippen molar-refractivity contribution in [3.63, 3.8) is 0 Å². The summed E-state index contributed by atoms with van der Waals surface area (Å²) in [6.45, 7) is -0.347. The highest BCUT2D eigenvalue weighted by Gasteiger charge is 2.29. The molecule has 0 bridgehead atoms. The lowest BCUT2D eigenvalue weighted by Gasteiger charge is -2.26. The molecule has 6 heteroatoms. The van der Waals surface area contributed by atoms with E-state index in [1.165, 1.54) is 0 Å². The SMILES string of the molecule is O=C(O)Cc1ccccc1N1C(=O)COCC1=O. The smallest absolute Gasteiger partial charge is 0.307 e. The maximum atomic E-state index is 11.7. The number of amides is 2. The van der Waals surface area contributed by atoms with Gasteiger partial charge in [-0.15, -0.1) is 0 Å². The van der Waals surface area contributed by atoms with Gasteiger partial charge in [0.05, 0.1) is 12.1 Å². The zero-order valence-corrected chi connectivity index (χ0v) is 9.46. The van der Waals surface area contributed by atoms with Gasteiger partial charge in [0.15, 0.2) is 0 Å². The van der Waals surface area contributed by atoms with Gasteiger partial charge in [-0.25, -0.2) is 4.90 Å². The highest BCUT2D eigenvalue weighted by molar-refractivity contribution is 6.17. The Balaban J connectivity index is 2.39. The number of imide groups is 1. The topological polar surface area (TPSA) is 83.9 Å². The molecule has 18 heavy (non-hydrogen) atoms. The van der Waals surface area contributed by atoms with Crippen molar-refractivity contribution < 1.29 is 24.2 Å². The van der Waals surface area contributed by atoms with E-state index in [1.807, 2.05) is 0 Å². The number of carboxylic acids is 1. The first kappa shape index (κ1) is 12.3. The second kappa shape index (κ2) is 4.97. The highest BCUT2D eigenvalue weighted by atomic mass is 16.5. The van der Waals surface area contributed by atoms with Crippen LogP contribution in [0.4, 0.5) is 5.69 Å². The number of nitrogens with zero attached hydrogens (tertiary/aromatic N) is 1. The van der Waals surface area contributed by atoms with Crippen molar-refractivity contribution in [2.75, 3.05) is 18.1 Å². The summed E-state index contributed by atoms with van der Waals surface area (Å²) in [5, 5.41) is 8.81. The normalized spacial score (nSPS) is 15.9. The van der Waals surface area contributed by atoms with Gasteiger partial charge in [0, 0.05) is 0 Å². The zero-order valence-electron chi connectivity index (χ0n) is 9.46. The Bertz CT molecular complexity index is 495. The number of aliphatic carboxylic acids is 1. The van der Waals surface area contributed by atoms with Crippen molar-refractivity contribution in [1.29, 1.82) is 0 Å². The first-order chi connectivity index (χ1) is 8.59. The average molecular weight is 249 g/mol. The van der Waals surface area contributed by atoms with E-state index < -0.39 is 17.8 Å². The number of carbonyl (C=O) groups excluding carboxylic acids is 2. The van der Waals surface area contributed by atoms with E-state index >= 15 is 0 Å². The molecule has 0 aromatic heterocycles. The van der Waals surface area contributed by atoms with Crippen LogP contribution < -0.4 is 4.90 Å². The molecular weight excluding hydrogens is 238 g/mol. The quantitative estimate of drug-likeness (QED) is 0.774. The fourth-order valence-electron chi connectivity index (χ4n) is 1.80. The van der Waals surface area contributed by atoms with E-state index in [0.29, 0.717) is 11.3 Å². The molecule has 1 fully saturated rings. The van der Waals surface area contributed by atoms with Gasteiger partial charge in [-0.2, -0.15) is 0 Å². The Morgan fingerprint density at radius 2 is 1.83 bits per heavy atom. The monoisotopic (exact) mass is 249 g/mol. The minimum absolute atomic E-state index is 0.173. The molecule has 1 aliphatic heterocycles. The Hall–Kier alpha value is -2.21. The standard InChI is InChI=1S/C12H11NO5/c14-10-6-18-7-11(15)13(10)9-4-2-1-3-8(9)5-12(16)17/h1-4H,5-7H2,(H,16,17). The van der Waals surface area contributed by atoms with E-state index in [9.17, 15) is 14.4 Å². The summed E-state index contributed by atoms with van der Waals surface area (Å²) >= 11 is 0. The molecule has 0 saturated carbocycles. The number of hydrogen-bond acceptors (Lipinski definition) is 4. The van der Waals surface area contributed by atoms with Crippen molar-refractivity contribution in [2.24, 2.45) is 0 Å². The molecule has 2 amide bonds. The number of anilines is 1. The number of morpholine rings is 1. The Morgan fingerprint density at radius 1 is 1.22 bits per heavy atom. The number of carbonyl (C=O) groups is 3. The summed E-state index contributed by atoms with van der Waals surface area (Å²) in [7, 11) is 0. The Kier molecular flexibility index (Phi) is 3.38. The number of rotatable bonds is 3. The fraction of sp³-hybridized carbons (Fsp3) is 0.250. The lowest BCUT2D eigenvalue weighted by molar-refractivity contribution is -0.139. The summed E-state index contributed by atoms with van der Waals surface area (Å²) in [6, 6.07) is 6.45. The maximum Gasteiger partial charge on any atom is 0.307 e. The molecule has 0 atom stereocenters. The molecular formula is C12H11NO5.